The highest BCUT2D eigenvalue weighted by molar-refractivity contribution is 7.90. The standard InChI is InChI=1S/C11H17N3O2S/c1-7-3-6-10(12)8(2)11(7)14-17(15,16)13-9-4-5-9/h3,6,9,13-14H,4-5,12H2,1-2H3. The summed E-state index contributed by atoms with van der Waals surface area (Å²) in [6, 6.07) is 3.67. The van der Waals surface area contributed by atoms with Crippen molar-refractivity contribution in [1.82, 2.24) is 4.72 Å². The Morgan fingerprint density at radius 1 is 1.29 bits per heavy atom. The van der Waals surface area contributed by atoms with Crippen LogP contribution in [0, 0.1) is 13.8 Å². The molecule has 17 heavy (non-hydrogen) atoms. The summed E-state index contributed by atoms with van der Waals surface area (Å²) in [4.78, 5) is 0. The van der Waals surface area contributed by atoms with Gasteiger partial charge < -0.3 is 5.73 Å². The minimum absolute atomic E-state index is 0.0918. The second-order valence-corrected chi connectivity index (χ2v) is 5.92. The molecule has 4 N–H and O–H groups in total. The topological polar surface area (TPSA) is 84.2 Å². The number of nitrogens with two attached hydrogens (primary N) is 1. The van der Waals surface area contributed by atoms with Crippen LogP contribution in [0.2, 0.25) is 0 Å². The van der Waals surface area contributed by atoms with Gasteiger partial charge in [0.25, 0.3) is 10.2 Å². The third-order valence-corrected chi connectivity index (χ3v) is 3.97. The Balaban J connectivity index is 2.25. The molecule has 5 nitrogen and oxygen atoms in total. The van der Waals surface area contributed by atoms with Gasteiger partial charge in [0.2, 0.25) is 0 Å². The van der Waals surface area contributed by atoms with Crippen molar-refractivity contribution in [2.24, 2.45) is 0 Å². The van der Waals surface area contributed by atoms with Crippen molar-refractivity contribution in [2.75, 3.05) is 10.5 Å². The maximum atomic E-state index is 11.8. The lowest BCUT2D eigenvalue weighted by atomic mass is 10.1. The van der Waals surface area contributed by atoms with Crippen molar-refractivity contribution in [2.45, 2.75) is 32.7 Å². The summed E-state index contributed by atoms with van der Waals surface area (Å²) in [6.07, 6.45) is 1.83. The molecule has 0 radical (unpaired) electrons. The van der Waals surface area contributed by atoms with E-state index >= 15 is 0 Å². The van der Waals surface area contributed by atoms with Crippen LogP contribution in [-0.2, 0) is 10.2 Å². The second-order valence-electron chi connectivity index (χ2n) is 4.47. The fraction of sp³-hybridized carbons (Fsp3) is 0.455. The summed E-state index contributed by atoms with van der Waals surface area (Å²) in [5, 5.41) is 0. The molecule has 0 unspecified atom stereocenters. The summed E-state index contributed by atoms with van der Waals surface area (Å²) in [6.45, 7) is 3.65. The molecule has 0 aromatic heterocycles. The summed E-state index contributed by atoms with van der Waals surface area (Å²) in [7, 11) is -3.49. The van der Waals surface area contributed by atoms with Crippen molar-refractivity contribution in [3.63, 3.8) is 0 Å². The van der Waals surface area contributed by atoms with Crippen LogP contribution in [-0.4, -0.2) is 14.5 Å². The Hall–Kier alpha value is -1.27. The normalized spacial score (nSPS) is 15.9. The van der Waals surface area contributed by atoms with E-state index in [1.807, 2.05) is 6.92 Å². The third-order valence-electron chi connectivity index (χ3n) is 2.85. The summed E-state index contributed by atoms with van der Waals surface area (Å²) in [5.74, 6) is 0. The molecule has 1 aliphatic rings. The molecule has 0 spiro atoms. The molecule has 1 aromatic carbocycles. The van der Waals surface area contributed by atoms with Gasteiger partial charge in [0.15, 0.2) is 0 Å². The highest BCUT2D eigenvalue weighted by Gasteiger charge is 2.27. The molecule has 1 aliphatic carbocycles. The summed E-state index contributed by atoms with van der Waals surface area (Å²) >= 11 is 0. The van der Waals surface area contributed by atoms with E-state index in [1.165, 1.54) is 0 Å². The molecule has 0 heterocycles. The molecule has 94 valence electrons. The molecule has 0 aliphatic heterocycles. The van der Waals surface area contributed by atoms with E-state index in [9.17, 15) is 8.42 Å². The van der Waals surface area contributed by atoms with Gasteiger partial charge in [0.1, 0.15) is 0 Å². The number of nitrogen functional groups attached to an aromatic ring is 1. The minimum Gasteiger partial charge on any atom is -0.398 e. The molecular formula is C11H17N3O2S. The first kappa shape index (κ1) is 12.2. The fourth-order valence-electron chi connectivity index (χ4n) is 1.60. The molecule has 1 fully saturated rings. The highest BCUT2D eigenvalue weighted by atomic mass is 32.2. The van der Waals surface area contributed by atoms with E-state index < -0.39 is 10.2 Å². The van der Waals surface area contributed by atoms with Gasteiger partial charge in [-0.05, 0) is 43.9 Å². The van der Waals surface area contributed by atoms with Crippen LogP contribution in [0.5, 0.6) is 0 Å². The Labute approximate surface area is 102 Å². The predicted molar refractivity (Wildman–Crippen MR) is 69.0 cm³/mol. The van der Waals surface area contributed by atoms with Crippen LogP contribution >= 0.6 is 0 Å². The lowest BCUT2D eigenvalue weighted by Crippen LogP contribution is -2.32. The van der Waals surface area contributed by atoms with Crippen molar-refractivity contribution in [3.8, 4) is 0 Å². The maximum absolute atomic E-state index is 11.8. The molecule has 1 saturated carbocycles. The van der Waals surface area contributed by atoms with Crippen LogP contribution in [0.4, 0.5) is 11.4 Å². The van der Waals surface area contributed by atoms with Gasteiger partial charge in [-0.3, -0.25) is 4.72 Å². The van der Waals surface area contributed by atoms with Crippen LogP contribution in [0.3, 0.4) is 0 Å². The maximum Gasteiger partial charge on any atom is 0.299 e. The first-order valence-corrected chi connectivity index (χ1v) is 7.03. The number of aryl methyl sites for hydroxylation is 1. The van der Waals surface area contributed by atoms with Crippen molar-refractivity contribution < 1.29 is 8.42 Å². The van der Waals surface area contributed by atoms with Gasteiger partial charge in [-0.15, -0.1) is 0 Å². The van der Waals surface area contributed by atoms with E-state index in [-0.39, 0.29) is 6.04 Å². The molecule has 0 atom stereocenters. The average molecular weight is 255 g/mol. The predicted octanol–water partition coefficient (Wildman–Crippen LogP) is 1.29. The lowest BCUT2D eigenvalue weighted by Gasteiger charge is -2.14. The summed E-state index contributed by atoms with van der Waals surface area (Å²) < 4.78 is 28.7. The Bertz CT molecular complexity index is 536. The van der Waals surface area contributed by atoms with E-state index in [1.54, 1.807) is 19.1 Å². The Kier molecular flexibility index (Phi) is 3.01. The molecule has 0 saturated heterocycles. The van der Waals surface area contributed by atoms with E-state index in [0.29, 0.717) is 11.4 Å². The van der Waals surface area contributed by atoms with E-state index in [4.69, 9.17) is 5.73 Å². The monoisotopic (exact) mass is 255 g/mol. The van der Waals surface area contributed by atoms with Gasteiger partial charge in [0, 0.05) is 11.7 Å². The van der Waals surface area contributed by atoms with E-state index in [2.05, 4.69) is 9.44 Å². The van der Waals surface area contributed by atoms with Crippen LogP contribution in [0.1, 0.15) is 24.0 Å². The number of rotatable bonds is 4. The zero-order chi connectivity index (χ0) is 12.6. The Morgan fingerprint density at radius 2 is 1.94 bits per heavy atom. The summed E-state index contributed by atoms with van der Waals surface area (Å²) in [5.41, 5.74) is 8.53. The van der Waals surface area contributed by atoms with Gasteiger partial charge in [-0.25, -0.2) is 0 Å². The fourth-order valence-corrected chi connectivity index (χ4v) is 2.92. The third kappa shape index (κ3) is 2.89. The molecular weight excluding hydrogens is 238 g/mol. The van der Waals surface area contributed by atoms with Crippen LogP contribution < -0.4 is 15.2 Å². The number of nitrogens with one attached hydrogen (secondary N) is 2. The number of anilines is 2. The lowest BCUT2D eigenvalue weighted by molar-refractivity contribution is 0.586. The van der Waals surface area contributed by atoms with E-state index in [0.717, 1.165) is 24.0 Å². The van der Waals surface area contributed by atoms with Gasteiger partial charge in [-0.1, -0.05) is 6.07 Å². The van der Waals surface area contributed by atoms with Crippen molar-refractivity contribution >= 4 is 21.6 Å². The number of hydrogen-bond acceptors (Lipinski definition) is 3. The zero-order valence-corrected chi connectivity index (χ0v) is 10.8. The quantitative estimate of drug-likeness (QED) is 0.709. The average Bonchev–Trinajstić information content (AvgIpc) is 3.02. The van der Waals surface area contributed by atoms with Crippen molar-refractivity contribution in [3.05, 3.63) is 23.3 Å². The smallest absolute Gasteiger partial charge is 0.299 e. The molecule has 1 aromatic rings. The highest BCUT2D eigenvalue weighted by Crippen LogP contribution is 2.27. The second kappa shape index (κ2) is 4.19. The van der Waals surface area contributed by atoms with Crippen LogP contribution in [0.25, 0.3) is 0 Å². The largest absolute Gasteiger partial charge is 0.398 e. The number of hydrogen-bond donors (Lipinski definition) is 3. The minimum atomic E-state index is -3.49. The van der Waals surface area contributed by atoms with Gasteiger partial charge >= 0.3 is 0 Å². The van der Waals surface area contributed by atoms with Gasteiger partial charge in [0.05, 0.1) is 5.69 Å². The first-order chi connectivity index (χ1) is 7.89. The molecule has 6 heteroatoms. The van der Waals surface area contributed by atoms with Crippen molar-refractivity contribution in [1.29, 1.82) is 0 Å². The van der Waals surface area contributed by atoms with Crippen LogP contribution in [0.15, 0.2) is 12.1 Å². The van der Waals surface area contributed by atoms with Gasteiger partial charge in [-0.2, -0.15) is 13.1 Å². The SMILES string of the molecule is Cc1ccc(N)c(C)c1NS(=O)(=O)NC1CC1. The zero-order valence-electron chi connectivity index (χ0n) is 9.95. The molecule has 0 bridgehead atoms. The number of benzene rings is 1. The molecule has 0 amide bonds. The molecule has 2 rings (SSSR count). The Morgan fingerprint density at radius 3 is 2.53 bits per heavy atom. The first-order valence-electron chi connectivity index (χ1n) is 5.55.